The van der Waals surface area contributed by atoms with Gasteiger partial charge in [-0.25, -0.2) is 0 Å². The van der Waals surface area contributed by atoms with Crippen LogP contribution < -0.4 is 0 Å². The number of aliphatic hydroxyl groups excluding tert-OH is 1. The molecule has 1 heterocycles. The highest BCUT2D eigenvalue weighted by Gasteiger charge is 2.22. The molecule has 4 heteroatoms. The Labute approximate surface area is 122 Å². The van der Waals surface area contributed by atoms with Crippen LogP contribution in [0.2, 0.25) is 0 Å². The predicted octanol–water partition coefficient (Wildman–Crippen LogP) is 2.59. The molecule has 1 aliphatic rings. The van der Waals surface area contributed by atoms with Gasteiger partial charge in [0.15, 0.2) is 0 Å². The van der Waals surface area contributed by atoms with Crippen molar-refractivity contribution in [2.45, 2.75) is 71.5 Å². The van der Waals surface area contributed by atoms with Crippen molar-refractivity contribution in [3.05, 3.63) is 17.5 Å². The Kier molecular flexibility index (Phi) is 6.05. The summed E-state index contributed by atoms with van der Waals surface area (Å²) in [6, 6.07) is 2.87. The molecule has 1 N–H and O–H groups in total. The van der Waals surface area contributed by atoms with Gasteiger partial charge in [-0.15, -0.1) is 0 Å². The van der Waals surface area contributed by atoms with Crippen LogP contribution in [0.1, 0.15) is 57.3 Å². The highest BCUT2D eigenvalue weighted by Crippen LogP contribution is 2.24. The van der Waals surface area contributed by atoms with Gasteiger partial charge in [0.2, 0.25) is 0 Å². The lowest BCUT2D eigenvalue weighted by molar-refractivity contribution is 0.114. The summed E-state index contributed by atoms with van der Waals surface area (Å²) in [5.74, 6) is 0. The third kappa shape index (κ3) is 3.83. The van der Waals surface area contributed by atoms with E-state index in [1.165, 1.54) is 43.5 Å². The Morgan fingerprint density at radius 3 is 2.65 bits per heavy atom. The summed E-state index contributed by atoms with van der Waals surface area (Å²) in [7, 11) is 0. The minimum atomic E-state index is 0.247. The molecule has 20 heavy (non-hydrogen) atoms. The molecule has 0 spiro atoms. The summed E-state index contributed by atoms with van der Waals surface area (Å²) in [6.45, 7) is 7.17. The van der Waals surface area contributed by atoms with Crippen molar-refractivity contribution >= 4 is 0 Å². The molecule has 0 saturated heterocycles. The molecule has 1 aliphatic carbocycles. The van der Waals surface area contributed by atoms with E-state index in [-0.39, 0.29) is 6.61 Å². The van der Waals surface area contributed by atoms with Gasteiger partial charge < -0.3 is 5.11 Å². The third-order valence-electron chi connectivity index (χ3n) is 4.42. The summed E-state index contributed by atoms with van der Waals surface area (Å²) in [6.07, 6.45) is 7.58. The highest BCUT2D eigenvalue weighted by molar-refractivity contribution is 5.10. The molecule has 0 atom stereocenters. The SMILES string of the molecule is CCc1cc(CN(CCO)C2CCCCC2)n(CC)n1. The largest absolute Gasteiger partial charge is 0.395 e. The van der Waals surface area contributed by atoms with Crippen LogP contribution >= 0.6 is 0 Å². The van der Waals surface area contributed by atoms with Gasteiger partial charge in [-0.2, -0.15) is 5.10 Å². The van der Waals surface area contributed by atoms with Crippen molar-refractivity contribution in [3.63, 3.8) is 0 Å². The van der Waals surface area contributed by atoms with E-state index in [1.54, 1.807) is 0 Å². The molecule has 0 unspecified atom stereocenters. The second-order valence-electron chi connectivity index (χ2n) is 5.78. The van der Waals surface area contributed by atoms with Gasteiger partial charge in [0, 0.05) is 25.7 Å². The van der Waals surface area contributed by atoms with Gasteiger partial charge in [-0.3, -0.25) is 9.58 Å². The topological polar surface area (TPSA) is 41.3 Å². The molecular formula is C16H29N3O. The monoisotopic (exact) mass is 279 g/mol. The van der Waals surface area contributed by atoms with Crippen LogP contribution in [0.5, 0.6) is 0 Å². The normalized spacial score (nSPS) is 17.0. The van der Waals surface area contributed by atoms with E-state index in [9.17, 15) is 5.11 Å². The zero-order valence-electron chi connectivity index (χ0n) is 13.0. The molecule has 0 bridgehead atoms. The van der Waals surface area contributed by atoms with Gasteiger partial charge in [0.1, 0.15) is 0 Å². The predicted molar refractivity (Wildman–Crippen MR) is 81.6 cm³/mol. The first-order chi connectivity index (χ1) is 9.78. The Morgan fingerprint density at radius 2 is 2.05 bits per heavy atom. The molecule has 114 valence electrons. The lowest BCUT2D eigenvalue weighted by Crippen LogP contribution is -2.38. The van der Waals surface area contributed by atoms with Crippen LogP contribution in [0.4, 0.5) is 0 Å². The second-order valence-corrected chi connectivity index (χ2v) is 5.78. The van der Waals surface area contributed by atoms with Crippen molar-refractivity contribution in [1.82, 2.24) is 14.7 Å². The maximum absolute atomic E-state index is 9.36. The van der Waals surface area contributed by atoms with E-state index < -0.39 is 0 Å². The van der Waals surface area contributed by atoms with Gasteiger partial charge in [0.05, 0.1) is 18.0 Å². The first kappa shape index (κ1) is 15.5. The molecule has 1 saturated carbocycles. The van der Waals surface area contributed by atoms with E-state index in [0.29, 0.717) is 6.04 Å². The van der Waals surface area contributed by atoms with Crippen LogP contribution in [0.3, 0.4) is 0 Å². The van der Waals surface area contributed by atoms with Crippen molar-refractivity contribution in [1.29, 1.82) is 0 Å². The molecule has 0 radical (unpaired) electrons. The van der Waals surface area contributed by atoms with Gasteiger partial charge >= 0.3 is 0 Å². The molecule has 1 aromatic heterocycles. The zero-order chi connectivity index (χ0) is 14.4. The lowest BCUT2D eigenvalue weighted by atomic mass is 9.94. The highest BCUT2D eigenvalue weighted by atomic mass is 16.3. The van der Waals surface area contributed by atoms with Crippen LogP contribution in [-0.2, 0) is 19.5 Å². The smallest absolute Gasteiger partial charge is 0.0625 e. The van der Waals surface area contributed by atoms with E-state index in [2.05, 4.69) is 34.6 Å². The standard InChI is InChI=1S/C16H29N3O/c1-3-14-12-16(19(4-2)17-14)13-18(10-11-20)15-8-6-5-7-9-15/h12,15,20H,3-11,13H2,1-2H3. The van der Waals surface area contributed by atoms with Crippen molar-refractivity contribution in [3.8, 4) is 0 Å². The van der Waals surface area contributed by atoms with Crippen molar-refractivity contribution < 1.29 is 5.11 Å². The van der Waals surface area contributed by atoms with E-state index in [0.717, 1.165) is 26.1 Å². The first-order valence-electron chi connectivity index (χ1n) is 8.19. The molecule has 1 aromatic rings. The number of nitrogens with zero attached hydrogens (tertiary/aromatic N) is 3. The number of hydrogen-bond donors (Lipinski definition) is 1. The number of hydrogen-bond acceptors (Lipinski definition) is 3. The maximum atomic E-state index is 9.36. The minimum Gasteiger partial charge on any atom is -0.395 e. The summed E-state index contributed by atoms with van der Waals surface area (Å²) in [4.78, 5) is 2.46. The van der Waals surface area contributed by atoms with Crippen LogP contribution in [0.25, 0.3) is 0 Å². The summed E-state index contributed by atoms with van der Waals surface area (Å²) in [5.41, 5.74) is 2.47. The first-order valence-corrected chi connectivity index (χ1v) is 8.19. The van der Waals surface area contributed by atoms with Crippen LogP contribution in [0, 0.1) is 0 Å². The molecule has 2 rings (SSSR count). The van der Waals surface area contributed by atoms with Gasteiger partial charge in [0.25, 0.3) is 0 Å². The van der Waals surface area contributed by atoms with E-state index in [4.69, 9.17) is 0 Å². The average molecular weight is 279 g/mol. The zero-order valence-corrected chi connectivity index (χ0v) is 13.0. The number of rotatable bonds is 7. The van der Waals surface area contributed by atoms with Crippen molar-refractivity contribution in [2.24, 2.45) is 0 Å². The fourth-order valence-corrected chi connectivity index (χ4v) is 3.26. The Morgan fingerprint density at radius 1 is 1.30 bits per heavy atom. The third-order valence-corrected chi connectivity index (χ3v) is 4.42. The summed E-state index contributed by atoms with van der Waals surface area (Å²) in [5, 5.41) is 14.0. The molecule has 1 fully saturated rings. The average Bonchev–Trinajstić information content (AvgIpc) is 2.90. The molecule has 4 nitrogen and oxygen atoms in total. The van der Waals surface area contributed by atoms with E-state index >= 15 is 0 Å². The number of aliphatic hydroxyl groups is 1. The number of aromatic nitrogens is 2. The van der Waals surface area contributed by atoms with Crippen molar-refractivity contribution in [2.75, 3.05) is 13.2 Å². The van der Waals surface area contributed by atoms with E-state index in [1.807, 2.05) is 0 Å². The molecule has 0 aliphatic heterocycles. The fourth-order valence-electron chi connectivity index (χ4n) is 3.26. The molecule has 0 amide bonds. The summed E-state index contributed by atoms with van der Waals surface area (Å²) < 4.78 is 2.12. The Balaban J connectivity index is 2.08. The van der Waals surface area contributed by atoms with Gasteiger partial charge in [-0.1, -0.05) is 26.2 Å². The Hall–Kier alpha value is -0.870. The minimum absolute atomic E-state index is 0.247. The Bertz CT molecular complexity index is 396. The molecular weight excluding hydrogens is 250 g/mol. The molecule has 0 aromatic carbocycles. The second kappa shape index (κ2) is 7.79. The maximum Gasteiger partial charge on any atom is 0.0625 e. The quantitative estimate of drug-likeness (QED) is 0.834. The van der Waals surface area contributed by atoms with Gasteiger partial charge in [-0.05, 0) is 32.3 Å². The van der Waals surface area contributed by atoms with Crippen LogP contribution in [0.15, 0.2) is 6.07 Å². The van der Waals surface area contributed by atoms with Crippen LogP contribution in [-0.4, -0.2) is 39.0 Å². The fraction of sp³-hybridized carbons (Fsp3) is 0.812. The summed E-state index contributed by atoms with van der Waals surface area (Å²) >= 11 is 0. The number of aryl methyl sites for hydroxylation is 2. The lowest BCUT2D eigenvalue weighted by Gasteiger charge is -2.33.